The van der Waals surface area contributed by atoms with Crippen molar-refractivity contribution in [1.82, 2.24) is 14.9 Å². The summed E-state index contributed by atoms with van der Waals surface area (Å²) in [6, 6.07) is 1.28. The van der Waals surface area contributed by atoms with Crippen molar-refractivity contribution < 1.29 is 18.3 Å². The van der Waals surface area contributed by atoms with E-state index in [1.165, 1.54) is 12.3 Å². The number of alkyl halides is 2. The Morgan fingerprint density at radius 2 is 2.43 bits per heavy atom. The highest BCUT2D eigenvalue weighted by molar-refractivity contribution is 5.23. The highest BCUT2D eigenvalue weighted by Gasteiger charge is 2.51. The summed E-state index contributed by atoms with van der Waals surface area (Å²) in [6.45, 7) is 1.27. The van der Waals surface area contributed by atoms with Crippen LogP contribution in [0.3, 0.4) is 0 Å². The second-order valence-corrected chi connectivity index (χ2v) is 4.81. The van der Waals surface area contributed by atoms with Crippen molar-refractivity contribution in [2.75, 3.05) is 32.5 Å². The first kappa shape index (κ1) is 15.8. The molecule has 0 aromatic carbocycles. The maximum atomic E-state index is 14.0. The molecular formula is C12H18F2N4O3. The molecule has 7 nitrogen and oxygen atoms in total. The SMILES string of the molecule is COCCNC[C@@H]1CC(F)(F)[C@H](n2ccc(N)nc2=O)O1. The van der Waals surface area contributed by atoms with Gasteiger partial charge in [-0.05, 0) is 6.07 Å². The van der Waals surface area contributed by atoms with Crippen molar-refractivity contribution in [3.05, 3.63) is 22.7 Å². The number of anilines is 1. The summed E-state index contributed by atoms with van der Waals surface area (Å²) in [5.74, 6) is -3.16. The summed E-state index contributed by atoms with van der Waals surface area (Å²) >= 11 is 0. The van der Waals surface area contributed by atoms with Gasteiger partial charge in [0.1, 0.15) is 5.82 Å². The van der Waals surface area contributed by atoms with Gasteiger partial charge in [0.25, 0.3) is 5.92 Å². The van der Waals surface area contributed by atoms with Crippen LogP contribution in [-0.2, 0) is 9.47 Å². The predicted octanol–water partition coefficient (Wildman–Crippen LogP) is -0.0157. The Labute approximate surface area is 120 Å². The Bertz CT molecular complexity index is 537. The third kappa shape index (κ3) is 3.74. The molecule has 0 radical (unpaired) electrons. The molecule has 0 unspecified atom stereocenters. The number of nitrogens with two attached hydrogens (primary N) is 1. The standard InChI is InChI=1S/C12H18F2N4O3/c1-20-5-3-16-7-8-6-12(13,14)10(21-8)18-4-2-9(15)17-11(18)19/h2,4,8,10,16H,3,5-7H2,1H3,(H2,15,17,19)/t8-,10+/m0/s1. The summed E-state index contributed by atoms with van der Waals surface area (Å²) in [4.78, 5) is 15.1. The fraction of sp³-hybridized carbons (Fsp3) is 0.667. The van der Waals surface area contributed by atoms with Crippen molar-refractivity contribution in [3.63, 3.8) is 0 Å². The maximum absolute atomic E-state index is 14.0. The summed E-state index contributed by atoms with van der Waals surface area (Å²) in [5.41, 5.74) is 4.49. The Balaban J connectivity index is 2.05. The number of methoxy groups -OCH3 is 1. The average Bonchev–Trinajstić information content (AvgIpc) is 2.70. The smallest absolute Gasteiger partial charge is 0.351 e. The van der Waals surface area contributed by atoms with E-state index in [4.69, 9.17) is 15.2 Å². The van der Waals surface area contributed by atoms with E-state index >= 15 is 0 Å². The number of nitrogens with one attached hydrogen (secondary N) is 1. The van der Waals surface area contributed by atoms with Crippen molar-refractivity contribution in [2.24, 2.45) is 0 Å². The lowest BCUT2D eigenvalue weighted by Gasteiger charge is -2.19. The molecule has 1 aromatic heterocycles. The van der Waals surface area contributed by atoms with Crippen LogP contribution in [0.15, 0.2) is 17.1 Å². The van der Waals surface area contributed by atoms with Crippen LogP contribution >= 0.6 is 0 Å². The second kappa shape index (κ2) is 6.46. The minimum absolute atomic E-state index is 0.0182. The zero-order chi connectivity index (χ0) is 15.5. The highest BCUT2D eigenvalue weighted by Crippen LogP contribution is 2.41. The zero-order valence-electron chi connectivity index (χ0n) is 11.6. The molecule has 1 saturated heterocycles. The average molecular weight is 304 g/mol. The number of rotatable bonds is 6. The van der Waals surface area contributed by atoms with Crippen LogP contribution in [0.25, 0.3) is 0 Å². The van der Waals surface area contributed by atoms with Gasteiger partial charge in [-0.15, -0.1) is 0 Å². The lowest BCUT2D eigenvalue weighted by Crippen LogP contribution is -2.35. The van der Waals surface area contributed by atoms with Gasteiger partial charge in [0.05, 0.1) is 12.7 Å². The first-order valence-corrected chi connectivity index (χ1v) is 6.51. The fourth-order valence-electron chi connectivity index (χ4n) is 2.17. The summed E-state index contributed by atoms with van der Waals surface area (Å²) < 4.78 is 38.9. The largest absolute Gasteiger partial charge is 0.383 e. The molecule has 3 N–H and O–H groups in total. The van der Waals surface area contributed by atoms with Gasteiger partial charge in [0.2, 0.25) is 6.23 Å². The van der Waals surface area contributed by atoms with Gasteiger partial charge in [-0.25, -0.2) is 13.6 Å². The van der Waals surface area contributed by atoms with E-state index < -0.39 is 30.4 Å². The topological polar surface area (TPSA) is 91.4 Å². The first-order chi connectivity index (χ1) is 9.94. The molecule has 2 atom stereocenters. The molecule has 2 rings (SSSR count). The normalized spacial score (nSPS) is 24.3. The Morgan fingerprint density at radius 3 is 3.10 bits per heavy atom. The number of aromatic nitrogens is 2. The lowest BCUT2D eigenvalue weighted by molar-refractivity contribution is -0.116. The van der Waals surface area contributed by atoms with E-state index in [2.05, 4.69) is 10.3 Å². The summed E-state index contributed by atoms with van der Waals surface area (Å²) in [5, 5.41) is 2.96. The molecule has 2 heterocycles. The van der Waals surface area contributed by atoms with Gasteiger partial charge in [-0.3, -0.25) is 4.57 Å². The minimum atomic E-state index is -3.14. The van der Waals surface area contributed by atoms with Gasteiger partial charge in [-0.2, -0.15) is 4.98 Å². The Kier molecular flexibility index (Phi) is 4.86. The van der Waals surface area contributed by atoms with Crippen molar-refractivity contribution in [3.8, 4) is 0 Å². The van der Waals surface area contributed by atoms with Crippen molar-refractivity contribution in [1.29, 1.82) is 0 Å². The highest BCUT2D eigenvalue weighted by atomic mass is 19.3. The summed E-state index contributed by atoms with van der Waals surface area (Å²) in [7, 11) is 1.55. The van der Waals surface area contributed by atoms with Crippen LogP contribution in [0.5, 0.6) is 0 Å². The molecule has 0 aliphatic carbocycles. The van der Waals surface area contributed by atoms with Crippen molar-refractivity contribution in [2.45, 2.75) is 24.7 Å². The van der Waals surface area contributed by atoms with Crippen LogP contribution in [0, 0.1) is 0 Å². The van der Waals surface area contributed by atoms with E-state index in [-0.39, 0.29) is 12.4 Å². The van der Waals surface area contributed by atoms with Crippen LogP contribution in [0.1, 0.15) is 12.6 Å². The van der Waals surface area contributed by atoms with E-state index in [9.17, 15) is 13.6 Å². The first-order valence-electron chi connectivity index (χ1n) is 6.51. The molecule has 0 spiro atoms. The Morgan fingerprint density at radius 1 is 1.67 bits per heavy atom. The third-order valence-electron chi connectivity index (χ3n) is 3.14. The monoisotopic (exact) mass is 304 g/mol. The fourth-order valence-corrected chi connectivity index (χ4v) is 2.17. The molecule has 1 aromatic rings. The van der Waals surface area contributed by atoms with Crippen molar-refractivity contribution >= 4 is 5.82 Å². The second-order valence-electron chi connectivity index (χ2n) is 4.81. The van der Waals surface area contributed by atoms with Gasteiger partial charge in [-0.1, -0.05) is 0 Å². The van der Waals surface area contributed by atoms with E-state index in [0.717, 1.165) is 4.57 Å². The number of hydrogen-bond acceptors (Lipinski definition) is 6. The molecule has 0 saturated carbocycles. The van der Waals surface area contributed by atoms with Crippen LogP contribution < -0.4 is 16.7 Å². The summed E-state index contributed by atoms with van der Waals surface area (Å²) in [6.07, 6.45) is -1.64. The lowest BCUT2D eigenvalue weighted by atomic mass is 10.2. The number of nitrogens with zero attached hydrogens (tertiary/aromatic N) is 2. The van der Waals surface area contributed by atoms with E-state index in [1.807, 2.05) is 0 Å². The number of nitrogen functional groups attached to an aromatic ring is 1. The Hall–Kier alpha value is -1.58. The molecule has 1 fully saturated rings. The van der Waals surface area contributed by atoms with E-state index in [0.29, 0.717) is 13.2 Å². The molecule has 0 amide bonds. The van der Waals surface area contributed by atoms with Gasteiger partial charge >= 0.3 is 5.69 Å². The van der Waals surface area contributed by atoms with E-state index in [1.54, 1.807) is 7.11 Å². The van der Waals surface area contributed by atoms with Gasteiger partial charge < -0.3 is 20.5 Å². The number of halogens is 2. The molecular weight excluding hydrogens is 286 g/mol. The van der Waals surface area contributed by atoms with Gasteiger partial charge in [0.15, 0.2) is 0 Å². The number of ether oxygens (including phenoxy) is 2. The van der Waals surface area contributed by atoms with Gasteiger partial charge in [0, 0.05) is 32.8 Å². The quantitative estimate of drug-likeness (QED) is 0.718. The molecule has 21 heavy (non-hydrogen) atoms. The zero-order valence-corrected chi connectivity index (χ0v) is 11.6. The molecule has 0 bridgehead atoms. The predicted molar refractivity (Wildman–Crippen MR) is 71.1 cm³/mol. The van der Waals surface area contributed by atoms with Crippen LogP contribution in [0.2, 0.25) is 0 Å². The maximum Gasteiger partial charge on any atom is 0.351 e. The van der Waals surface area contributed by atoms with Crippen LogP contribution in [0.4, 0.5) is 14.6 Å². The minimum Gasteiger partial charge on any atom is -0.383 e. The molecule has 118 valence electrons. The van der Waals surface area contributed by atoms with Crippen LogP contribution in [-0.4, -0.2) is 48.4 Å². The molecule has 1 aliphatic heterocycles. The molecule has 1 aliphatic rings. The molecule has 9 heteroatoms. The number of hydrogen-bond donors (Lipinski definition) is 2. The third-order valence-corrected chi connectivity index (χ3v) is 3.14.